The van der Waals surface area contributed by atoms with Crippen molar-refractivity contribution in [3.8, 4) is 5.75 Å². The minimum absolute atomic E-state index is 0.326. The van der Waals surface area contributed by atoms with Crippen LogP contribution < -0.4 is 4.74 Å². The molecule has 2 aromatic carbocycles. The lowest BCUT2D eigenvalue weighted by atomic mass is 10.1. The molecule has 0 N–H and O–H groups in total. The number of methoxy groups -OCH3 is 2. The standard InChI is InChI=1S/C20H20N2O3/c1-24-17-9-7-15(8-10-17)13-19-21-11-12-22(19)14-16-5-3-4-6-18(16)20(23)25-2/h3-12H,13-14H2,1-2H3. The van der Waals surface area contributed by atoms with Crippen LogP contribution in [-0.2, 0) is 17.7 Å². The van der Waals surface area contributed by atoms with Crippen LogP contribution in [0.25, 0.3) is 0 Å². The molecule has 3 rings (SSSR count). The Hall–Kier alpha value is -3.08. The lowest BCUT2D eigenvalue weighted by molar-refractivity contribution is 0.0599. The van der Waals surface area contributed by atoms with Crippen molar-refractivity contribution in [3.05, 3.63) is 83.4 Å². The molecule has 3 aromatic rings. The number of nitrogens with zero attached hydrogens (tertiary/aromatic N) is 2. The van der Waals surface area contributed by atoms with E-state index in [1.807, 2.05) is 53.2 Å². The van der Waals surface area contributed by atoms with Crippen LogP contribution in [-0.4, -0.2) is 29.7 Å². The summed E-state index contributed by atoms with van der Waals surface area (Å²) in [5, 5.41) is 0. The smallest absolute Gasteiger partial charge is 0.338 e. The minimum atomic E-state index is -0.326. The minimum Gasteiger partial charge on any atom is -0.497 e. The van der Waals surface area contributed by atoms with E-state index in [1.54, 1.807) is 19.4 Å². The van der Waals surface area contributed by atoms with Gasteiger partial charge in [-0.05, 0) is 29.3 Å². The van der Waals surface area contributed by atoms with Crippen LogP contribution in [0.1, 0.15) is 27.3 Å². The third-order valence-electron chi connectivity index (χ3n) is 4.09. The highest BCUT2D eigenvalue weighted by Crippen LogP contribution is 2.17. The first-order chi connectivity index (χ1) is 12.2. The van der Waals surface area contributed by atoms with E-state index in [0.29, 0.717) is 18.5 Å². The number of ether oxygens (including phenoxy) is 2. The summed E-state index contributed by atoms with van der Waals surface area (Å²) in [6.45, 7) is 0.566. The molecule has 25 heavy (non-hydrogen) atoms. The Morgan fingerprint density at radius 2 is 1.84 bits per heavy atom. The van der Waals surface area contributed by atoms with Gasteiger partial charge in [0.05, 0.1) is 19.8 Å². The predicted molar refractivity (Wildman–Crippen MR) is 94.9 cm³/mol. The van der Waals surface area contributed by atoms with Crippen molar-refractivity contribution in [2.45, 2.75) is 13.0 Å². The SMILES string of the molecule is COC(=O)c1ccccc1Cn1ccnc1Cc1ccc(OC)cc1. The fourth-order valence-corrected chi connectivity index (χ4v) is 2.73. The van der Waals surface area contributed by atoms with E-state index in [2.05, 4.69) is 4.98 Å². The molecule has 0 aliphatic rings. The summed E-state index contributed by atoms with van der Waals surface area (Å²) in [6, 6.07) is 15.4. The van der Waals surface area contributed by atoms with E-state index in [-0.39, 0.29) is 5.97 Å². The fourth-order valence-electron chi connectivity index (χ4n) is 2.73. The Kier molecular flexibility index (Phi) is 5.14. The first-order valence-electron chi connectivity index (χ1n) is 8.00. The predicted octanol–water partition coefficient (Wildman–Crippen LogP) is 3.32. The highest BCUT2D eigenvalue weighted by molar-refractivity contribution is 5.90. The Morgan fingerprint density at radius 3 is 2.56 bits per heavy atom. The number of hydrogen-bond acceptors (Lipinski definition) is 4. The number of esters is 1. The van der Waals surface area contributed by atoms with Gasteiger partial charge in [0.25, 0.3) is 0 Å². The number of carbonyl (C=O) groups excluding carboxylic acids is 1. The third-order valence-corrected chi connectivity index (χ3v) is 4.09. The normalized spacial score (nSPS) is 10.5. The molecule has 0 unspecified atom stereocenters. The van der Waals surface area contributed by atoms with Gasteiger partial charge < -0.3 is 14.0 Å². The van der Waals surface area contributed by atoms with E-state index >= 15 is 0 Å². The Balaban J connectivity index is 1.81. The Bertz CT molecular complexity index is 853. The van der Waals surface area contributed by atoms with Gasteiger partial charge in [0.2, 0.25) is 0 Å². The summed E-state index contributed by atoms with van der Waals surface area (Å²) in [7, 11) is 3.05. The van der Waals surface area contributed by atoms with E-state index in [1.165, 1.54) is 7.11 Å². The highest BCUT2D eigenvalue weighted by Gasteiger charge is 2.13. The average molecular weight is 336 g/mol. The molecular formula is C20H20N2O3. The second kappa shape index (κ2) is 7.66. The van der Waals surface area contributed by atoms with Gasteiger partial charge in [0, 0.05) is 25.4 Å². The van der Waals surface area contributed by atoms with Crippen LogP contribution >= 0.6 is 0 Å². The van der Waals surface area contributed by atoms with E-state index < -0.39 is 0 Å². The van der Waals surface area contributed by atoms with Gasteiger partial charge in [-0.25, -0.2) is 9.78 Å². The molecule has 0 aliphatic heterocycles. The lowest BCUT2D eigenvalue weighted by Crippen LogP contribution is -2.10. The van der Waals surface area contributed by atoms with Gasteiger partial charge >= 0.3 is 5.97 Å². The molecule has 0 amide bonds. The van der Waals surface area contributed by atoms with Crippen molar-refractivity contribution in [2.75, 3.05) is 14.2 Å². The summed E-state index contributed by atoms with van der Waals surface area (Å²) in [5.41, 5.74) is 2.63. The molecule has 0 saturated carbocycles. The van der Waals surface area contributed by atoms with Crippen molar-refractivity contribution in [2.24, 2.45) is 0 Å². The van der Waals surface area contributed by atoms with Gasteiger partial charge in [-0.2, -0.15) is 0 Å². The fraction of sp³-hybridized carbons (Fsp3) is 0.200. The molecule has 1 heterocycles. The van der Waals surface area contributed by atoms with Crippen LogP contribution in [0, 0.1) is 0 Å². The average Bonchev–Trinajstić information content (AvgIpc) is 3.09. The molecule has 128 valence electrons. The summed E-state index contributed by atoms with van der Waals surface area (Å²) < 4.78 is 12.1. The molecule has 1 aromatic heterocycles. The quantitative estimate of drug-likeness (QED) is 0.648. The first kappa shape index (κ1) is 16.8. The van der Waals surface area contributed by atoms with Gasteiger partial charge in [-0.1, -0.05) is 30.3 Å². The molecule has 0 bridgehead atoms. The molecule has 0 fully saturated rings. The van der Waals surface area contributed by atoms with Gasteiger partial charge in [-0.3, -0.25) is 0 Å². The maximum atomic E-state index is 11.9. The van der Waals surface area contributed by atoms with Crippen molar-refractivity contribution in [1.29, 1.82) is 0 Å². The third kappa shape index (κ3) is 3.88. The molecule has 5 nitrogen and oxygen atoms in total. The highest BCUT2D eigenvalue weighted by atomic mass is 16.5. The second-order valence-electron chi connectivity index (χ2n) is 5.64. The van der Waals surface area contributed by atoms with Crippen LogP contribution in [0.4, 0.5) is 0 Å². The molecule has 0 saturated heterocycles. The number of aromatic nitrogens is 2. The Morgan fingerprint density at radius 1 is 1.08 bits per heavy atom. The zero-order valence-corrected chi connectivity index (χ0v) is 14.3. The van der Waals surface area contributed by atoms with Crippen molar-refractivity contribution < 1.29 is 14.3 Å². The zero-order valence-electron chi connectivity index (χ0n) is 14.3. The van der Waals surface area contributed by atoms with Crippen LogP contribution in [0.3, 0.4) is 0 Å². The molecule has 5 heteroatoms. The lowest BCUT2D eigenvalue weighted by Gasteiger charge is -2.11. The zero-order chi connectivity index (χ0) is 17.6. The van der Waals surface area contributed by atoms with Crippen molar-refractivity contribution >= 4 is 5.97 Å². The van der Waals surface area contributed by atoms with Crippen molar-refractivity contribution in [3.63, 3.8) is 0 Å². The van der Waals surface area contributed by atoms with Crippen LogP contribution in [0.5, 0.6) is 5.75 Å². The van der Waals surface area contributed by atoms with Gasteiger partial charge in [0.15, 0.2) is 0 Å². The topological polar surface area (TPSA) is 53.4 Å². The molecule has 0 spiro atoms. The molecular weight excluding hydrogens is 316 g/mol. The largest absolute Gasteiger partial charge is 0.497 e. The number of imidazole rings is 1. The molecule has 0 atom stereocenters. The number of hydrogen-bond donors (Lipinski definition) is 0. The molecule has 0 radical (unpaired) electrons. The summed E-state index contributed by atoms with van der Waals surface area (Å²) in [4.78, 5) is 16.4. The summed E-state index contributed by atoms with van der Waals surface area (Å²) >= 11 is 0. The van der Waals surface area contributed by atoms with Crippen LogP contribution in [0.15, 0.2) is 60.9 Å². The monoisotopic (exact) mass is 336 g/mol. The van der Waals surface area contributed by atoms with Gasteiger partial charge in [0.1, 0.15) is 11.6 Å². The number of carbonyl (C=O) groups is 1. The number of rotatable bonds is 6. The number of benzene rings is 2. The van der Waals surface area contributed by atoms with Gasteiger partial charge in [-0.15, -0.1) is 0 Å². The Labute approximate surface area is 146 Å². The molecule has 0 aliphatic carbocycles. The summed E-state index contributed by atoms with van der Waals surface area (Å²) in [6.07, 6.45) is 4.41. The second-order valence-corrected chi connectivity index (χ2v) is 5.64. The maximum absolute atomic E-state index is 11.9. The van der Waals surface area contributed by atoms with Crippen LogP contribution in [0.2, 0.25) is 0 Å². The van der Waals surface area contributed by atoms with E-state index in [0.717, 1.165) is 22.7 Å². The maximum Gasteiger partial charge on any atom is 0.338 e. The van der Waals surface area contributed by atoms with E-state index in [4.69, 9.17) is 9.47 Å². The first-order valence-corrected chi connectivity index (χ1v) is 8.00. The van der Waals surface area contributed by atoms with Crippen molar-refractivity contribution in [1.82, 2.24) is 9.55 Å². The summed E-state index contributed by atoms with van der Waals surface area (Å²) in [5.74, 6) is 1.44. The van der Waals surface area contributed by atoms with E-state index in [9.17, 15) is 4.79 Å².